The van der Waals surface area contributed by atoms with E-state index in [1.807, 2.05) is 0 Å². The number of nitrogens with zero attached hydrogens (tertiary/aromatic N) is 1. The van der Waals surface area contributed by atoms with Gasteiger partial charge in [-0.05, 0) is 17.7 Å². The number of sulfone groups is 1. The van der Waals surface area contributed by atoms with Gasteiger partial charge in [-0.3, -0.25) is 0 Å². The smallest absolute Gasteiger partial charge is 0.159 e. The number of hydrogen-bond donors (Lipinski definition) is 1. The van der Waals surface area contributed by atoms with Crippen LogP contribution < -0.4 is 0 Å². The van der Waals surface area contributed by atoms with Crippen LogP contribution in [0, 0.1) is 0 Å². The summed E-state index contributed by atoms with van der Waals surface area (Å²) in [6.07, 6.45) is 0.265. The van der Waals surface area contributed by atoms with Crippen LogP contribution in [0.3, 0.4) is 0 Å². The van der Waals surface area contributed by atoms with Crippen molar-refractivity contribution in [2.24, 2.45) is 0 Å². The van der Waals surface area contributed by atoms with Gasteiger partial charge in [0, 0.05) is 10.5 Å². The third-order valence-electron chi connectivity index (χ3n) is 2.53. The molecule has 0 aliphatic rings. The normalized spacial score (nSPS) is 13.4. The number of halogens is 1. The topological polar surface area (TPSA) is 80.4 Å². The van der Waals surface area contributed by atoms with Crippen LogP contribution in [-0.4, -0.2) is 24.4 Å². The third kappa shape index (κ3) is 4.15. The van der Waals surface area contributed by atoms with E-state index in [-0.39, 0.29) is 11.5 Å². The van der Waals surface area contributed by atoms with Gasteiger partial charge in [-0.15, -0.1) is 0 Å². The zero-order valence-electron chi connectivity index (χ0n) is 9.86. The Kier molecular flexibility index (Phi) is 4.38. The van der Waals surface area contributed by atoms with Gasteiger partial charge in [0.2, 0.25) is 0 Å². The molecular weight excluding hydrogens is 334 g/mol. The Hall–Kier alpha value is -1.18. The summed E-state index contributed by atoms with van der Waals surface area (Å²) in [5.41, 5.74) is 0.898. The Morgan fingerprint density at radius 2 is 1.95 bits per heavy atom. The Morgan fingerprint density at radius 3 is 2.53 bits per heavy atom. The largest absolute Gasteiger partial charge is 0.387 e. The first-order valence-corrected chi connectivity index (χ1v) is 8.11. The fourth-order valence-corrected chi connectivity index (χ4v) is 3.27. The van der Waals surface area contributed by atoms with E-state index >= 15 is 0 Å². The molecule has 0 bridgehead atoms. The van der Waals surface area contributed by atoms with Crippen LogP contribution in [0.2, 0.25) is 0 Å². The molecule has 5 nitrogen and oxygen atoms in total. The van der Waals surface area contributed by atoms with Gasteiger partial charge in [-0.2, -0.15) is 0 Å². The van der Waals surface area contributed by atoms with Gasteiger partial charge < -0.3 is 9.63 Å². The van der Waals surface area contributed by atoms with Crippen LogP contribution in [0.5, 0.6) is 0 Å². The molecule has 2 rings (SSSR count). The Labute approximate surface area is 119 Å². The van der Waals surface area contributed by atoms with E-state index in [1.165, 1.54) is 12.3 Å². The SMILES string of the molecule is O=S(=O)(Cc1ccon1)CC(O)c1ccc(Br)cc1. The minimum absolute atomic E-state index is 0.239. The summed E-state index contributed by atoms with van der Waals surface area (Å²) in [7, 11) is -3.45. The predicted octanol–water partition coefficient (Wildman–Crippen LogP) is 2.09. The fraction of sp³-hybridized carbons (Fsp3) is 0.250. The first-order chi connectivity index (χ1) is 8.96. The lowest BCUT2D eigenvalue weighted by Crippen LogP contribution is -2.16. The fourth-order valence-electron chi connectivity index (χ4n) is 1.62. The minimum Gasteiger partial charge on any atom is -0.387 e. The summed E-state index contributed by atoms with van der Waals surface area (Å²) in [5.74, 6) is -0.585. The molecule has 1 unspecified atom stereocenters. The van der Waals surface area contributed by atoms with E-state index in [0.717, 1.165) is 4.47 Å². The van der Waals surface area contributed by atoms with Gasteiger partial charge in [0.1, 0.15) is 6.26 Å². The molecule has 0 fully saturated rings. The zero-order valence-corrected chi connectivity index (χ0v) is 12.3. The second-order valence-electron chi connectivity index (χ2n) is 4.11. The van der Waals surface area contributed by atoms with E-state index in [0.29, 0.717) is 11.3 Å². The van der Waals surface area contributed by atoms with Crippen molar-refractivity contribution in [3.05, 3.63) is 52.3 Å². The van der Waals surface area contributed by atoms with Crippen molar-refractivity contribution in [3.8, 4) is 0 Å². The number of aliphatic hydroxyl groups excluding tert-OH is 1. The molecule has 7 heteroatoms. The van der Waals surface area contributed by atoms with Gasteiger partial charge >= 0.3 is 0 Å². The molecule has 2 aromatic rings. The summed E-state index contributed by atoms with van der Waals surface area (Å²) in [4.78, 5) is 0. The molecule has 0 amide bonds. The molecule has 19 heavy (non-hydrogen) atoms. The summed E-state index contributed by atoms with van der Waals surface area (Å²) in [6, 6.07) is 8.36. The molecule has 0 saturated heterocycles. The van der Waals surface area contributed by atoms with Crippen LogP contribution in [0.25, 0.3) is 0 Å². The molecular formula is C12H12BrNO4S. The van der Waals surface area contributed by atoms with Gasteiger partial charge in [-0.1, -0.05) is 33.2 Å². The van der Waals surface area contributed by atoms with Crippen LogP contribution >= 0.6 is 15.9 Å². The summed E-state index contributed by atoms with van der Waals surface area (Å²) in [6.45, 7) is 0. The van der Waals surface area contributed by atoms with Crippen molar-refractivity contribution in [2.45, 2.75) is 11.9 Å². The molecule has 0 radical (unpaired) electrons. The highest BCUT2D eigenvalue weighted by molar-refractivity contribution is 9.10. The average Bonchev–Trinajstić information content (AvgIpc) is 2.81. The van der Waals surface area contributed by atoms with E-state index < -0.39 is 15.9 Å². The van der Waals surface area contributed by atoms with Crippen molar-refractivity contribution in [1.29, 1.82) is 0 Å². The van der Waals surface area contributed by atoms with E-state index in [4.69, 9.17) is 0 Å². The zero-order chi connectivity index (χ0) is 13.9. The monoisotopic (exact) mass is 345 g/mol. The first-order valence-electron chi connectivity index (χ1n) is 5.49. The first kappa shape index (κ1) is 14.2. The maximum Gasteiger partial charge on any atom is 0.159 e. The van der Waals surface area contributed by atoms with Crippen LogP contribution in [-0.2, 0) is 15.6 Å². The predicted molar refractivity (Wildman–Crippen MR) is 73.1 cm³/mol. The lowest BCUT2D eigenvalue weighted by atomic mass is 10.1. The van der Waals surface area contributed by atoms with E-state index in [1.54, 1.807) is 24.3 Å². The minimum atomic E-state index is -3.45. The van der Waals surface area contributed by atoms with Crippen molar-refractivity contribution in [1.82, 2.24) is 5.16 Å². The number of aromatic nitrogens is 1. The molecule has 0 aliphatic carbocycles. The summed E-state index contributed by atoms with van der Waals surface area (Å²) >= 11 is 3.28. The molecule has 1 atom stereocenters. The van der Waals surface area contributed by atoms with Gasteiger partial charge in [0.05, 0.1) is 23.3 Å². The molecule has 1 aromatic carbocycles. The van der Waals surface area contributed by atoms with Gasteiger partial charge in [-0.25, -0.2) is 8.42 Å². The van der Waals surface area contributed by atoms with Crippen molar-refractivity contribution in [2.75, 3.05) is 5.75 Å². The van der Waals surface area contributed by atoms with Crippen molar-refractivity contribution < 1.29 is 18.0 Å². The quantitative estimate of drug-likeness (QED) is 0.897. The molecule has 0 aliphatic heterocycles. The highest BCUT2D eigenvalue weighted by Gasteiger charge is 2.20. The van der Waals surface area contributed by atoms with Crippen LogP contribution in [0.4, 0.5) is 0 Å². The highest BCUT2D eigenvalue weighted by atomic mass is 79.9. The second kappa shape index (κ2) is 5.85. The highest BCUT2D eigenvalue weighted by Crippen LogP contribution is 2.19. The van der Waals surface area contributed by atoms with Crippen LogP contribution in [0.15, 0.2) is 45.6 Å². The maximum absolute atomic E-state index is 11.9. The molecule has 1 aromatic heterocycles. The molecule has 102 valence electrons. The van der Waals surface area contributed by atoms with Crippen molar-refractivity contribution in [3.63, 3.8) is 0 Å². The van der Waals surface area contributed by atoms with Gasteiger partial charge in [0.15, 0.2) is 9.84 Å². The number of rotatable bonds is 5. The summed E-state index contributed by atoms with van der Waals surface area (Å²) < 4.78 is 29.2. The molecule has 0 spiro atoms. The molecule has 0 saturated carbocycles. The molecule has 1 heterocycles. The average molecular weight is 346 g/mol. The number of aliphatic hydroxyl groups is 1. The lowest BCUT2D eigenvalue weighted by Gasteiger charge is -2.11. The van der Waals surface area contributed by atoms with E-state index in [2.05, 4.69) is 25.6 Å². The maximum atomic E-state index is 11.9. The standard InChI is InChI=1S/C12H12BrNO4S/c13-10-3-1-9(2-4-10)12(15)8-19(16,17)7-11-5-6-18-14-11/h1-6,12,15H,7-8H2. The Morgan fingerprint density at radius 1 is 1.26 bits per heavy atom. The Balaban J connectivity index is 2.05. The van der Waals surface area contributed by atoms with Crippen LogP contribution in [0.1, 0.15) is 17.4 Å². The third-order valence-corrected chi connectivity index (χ3v) is 4.61. The lowest BCUT2D eigenvalue weighted by molar-refractivity contribution is 0.201. The number of hydrogen-bond acceptors (Lipinski definition) is 5. The van der Waals surface area contributed by atoms with Crippen molar-refractivity contribution >= 4 is 25.8 Å². The van der Waals surface area contributed by atoms with Gasteiger partial charge in [0.25, 0.3) is 0 Å². The summed E-state index contributed by atoms with van der Waals surface area (Å²) in [5, 5.41) is 13.5. The van der Waals surface area contributed by atoms with E-state index in [9.17, 15) is 13.5 Å². The molecule has 1 N–H and O–H groups in total. The number of benzene rings is 1. The second-order valence-corrected chi connectivity index (χ2v) is 7.14. The Bertz CT molecular complexity index is 622.